The van der Waals surface area contributed by atoms with E-state index >= 15 is 0 Å². The first-order valence-corrected chi connectivity index (χ1v) is 16.3. The van der Waals surface area contributed by atoms with Gasteiger partial charge in [-0.3, -0.25) is 14.4 Å². The highest BCUT2D eigenvalue weighted by molar-refractivity contribution is 5.98. The fraction of sp³-hybridized carbons (Fsp3) is 0.282. The third-order valence-corrected chi connectivity index (χ3v) is 7.77. The number of halogens is 2. The maximum atomic E-state index is 13.9. The number of ether oxygens (including phenoxy) is 2. The number of carbonyl (C=O) groups excluding carboxylic acids is 4. The van der Waals surface area contributed by atoms with Crippen molar-refractivity contribution in [3.05, 3.63) is 125 Å². The zero-order valence-corrected chi connectivity index (χ0v) is 27.6. The Balaban J connectivity index is 1.25. The van der Waals surface area contributed by atoms with Gasteiger partial charge in [0.2, 0.25) is 5.91 Å². The van der Waals surface area contributed by atoms with E-state index in [2.05, 4.69) is 17.6 Å². The Morgan fingerprint density at radius 1 is 0.755 bits per heavy atom. The van der Waals surface area contributed by atoms with Gasteiger partial charge in [-0.25, -0.2) is 13.6 Å². The molecule has 8 nitrogen and oxygen atoms in total. The number of ketones is 1. The lowest BCUT2D eigenvalue weighted by molar-refractivity contribution is -0.119. The van der Waals surface area contributed by atoms with Gasteiger partial charge in [0.1, 0.15) is 23.1 Å². The molecular formula is C39H40F2N2O6. The monoisotopic (exact) mass is 670 g/mol. The smallest absolute Gasteiger partial charge is 0.343 e. The summed E-state index contributed by atoms with van der Waals surface area (Å²) in [6, 6.07) is 21.5. The van der Waals surface area contributed by atoms with Gasteiger partial charge >= 0.3 is 5.97 Å². The number of benzene rings is 4. The minimum atomic E-state index is -0.821. The highest BCUT2D eigenvalue weighted by Crippen LogP contribution is 2.19. The largest absolute Gasteiger partial charge is 0.494 e. The summed E-state index contributed by atoms with van der Waals surface area (Å²) in [6.07, 6.45) is 5.60. The van der Waals surface area contributed by atoms with Crippen molar-refractivity contribution in [1.29, 1.82) is 0 Å². The standard InChI is InChI=1S/C39H40F2N2O6/c1-3-4-5-6-7-22-48-33-19-12-29(13-20-33)39(47)49-34-17-8-27(9-18-34)23-36(26(2)44)43-38(46)28-10-15-32(16-11-28)42-37(45)25-30-24-31(40)14-21-35(30)41/h8-21,24,36H,3-7,22-23,25H2,1-2H3,(H,42,45)(H,43,46)/t36-/m0/s1. The Kier molecular flexibility index (Phi) is 13.6. The molecular weight excluding hydrogens is 630 g/mol. The zero-order valence-electron chi connectivity index (χ0n) is 27.6. The van der Waals surface area contributed by atoms with Crippen molar-refractivity contribution >= 4 is 29.3 Å². The number of unbranched alkanes of at least 4 members (excludes halogenated alkanes) is 4. The Morgan fingerprint density at radius 3 is 2.08 bits per heavy atom. The third-order valence-electron chi connectivity index (χ3n) is 7.77. The first-order valence-electron chi connectivity index (χ1n) is 16.3. The molecule has 0 aliphatic heterocycles. The molecule has 0 saturated carbocycles. The summed E-state index contributed by atoms with van der Waals surface area (Å²) in [4.78, 5) is 50.3. The number of hydrogen-bond donors (Lipinski definition) is 2. The Bertz CT molecular complexity index is 1720. The van der Waals surface area contributed by atoms with Crippen LogP contribution in [0.3, 0.4) is 0 Å². The van der Waals surface area contributed by atoms with Gasteiger partial charge in [0.15, 0.2) is 5.78 Å². The second-order valence-electron chi connectivity index (χ2n) is 11.7. The van der Waals surface area contributed by atoms with Crippen LogP contribution in [0.5, 0.6) is 11.5 Å². The van der Waals surface area contributed by atoms with Crippen LogP contribution in [0.1, 0.15) is 77.8 Å². The first-order chi connectivity index (χ1) is 23.6. The normalized spacial score (nSPS) is 11.3. The van der Waals surface area contributed by atoms with Crippen molar-refractivity contribution in [2.24, 2.45) is 0 Å². The molecule has 4 rings (SSSR count). The predicted octanol–water partition coefficient (Wildman–Crippen LogP) is 7.64. The number of nitrogens with one attached hydrogen (secondary N) is 2. The van der Waals surface area contributed by atoms with Gasteiger partial charge in [-0.05, 0) is 104 Å². The number of esters is 1. The summed E-state index contributed by atoms with van der Waals surface area (Å²) in [5, 5.41) is 5.32. The van der Waals surface area contributed by atoms with Crippen molar-refractivity contribution in [3.63, 3.8) is 0 Å². The maximum absolute atomic E-state index is 13.9. The molecule has 2 N–H and O–H groups in total. The SMILES string of the molecule is CCCCCCCOc1ccc(C(=O)Oc2ccc(C[C@H](NC(=O)c3ccc(NC(=O)Cc4cc(F)ccc4F)cc3)C(C)=O)cc2)cc1. The number of hydrogen-bond acceptors (Lipinski definition) is 6. The van der Waals surface area contributed by atoms with Gasteiger partial charge < -0.3 is 20.1 Å². The van der Waals surface area contributed by atoms with Crippen LogP contribution in [-0.4, -0.2) is 36.2 Å². The molecule has 2 amide bonds. The van der Waals surface area contributed by atoms with E-state index in [1.54, 1.807) is 48.5 Å². The quantitative estimate of drug-likeness (QED) is 0.0679. The maximum Gasteiger partial charge on any atom is 0.343 e. The molecule has 4 aromatic carbocycles. The van der Waals surface area contributed by atoms with Crippen molar-refractivity contribution in [3.8, 4) is 11.5 Å². The van der Waals surface area contributed by atoms with Crippen LogP contribution >= 0.6 is 0 Å². The van der Waals surface area contributed by atoms with Gasteiger partial charge in [-0.2, -0.15) is 0 Å². The van der Waals surface area contributed by atoms with Crippen LogP contribution in [0, 0.1) is 11.6 Å². The fourth-order valence-corrected chi connectivity index (χ4v) is 4.98. The lowest BCUT2D eigenvalue weighted by Gasteiger charge is -2.17. The van der Waals surface area contributed by atoms with Crippen LogP contribution in [0.25, 0.3) is 0 Å². The van der Waals surface area contributed by atoms with Crippen LogP contribution in [0.4, 0.5) is 14.5 Å². The van der Waals surface area contributed by atoms with Crippen molar-refractivity contribution in [1.82, 2.24) is 5.32 Å². The second kappa shape index (κ2) is 18.2. The molecule has 0 unspecified atom stereocenters. The molecule has 4 aromatic rings. The minimum absolute atomic E-state index is 0.0743. The molecule has 0 saturated heterocycles. The topological polar surface area (TPSA) is 111 Å². The van der Waals surface area contributed by atoms with Crippen LogP contribution in [0.15, 0.2) is 91.0 Å². The average molecular weight is 671 g/mol. The molecule has 0 spiro atoms. The van der Waals surface area contributed by atoms with Gasteiger partial charge in [0, 0.05) is 16.8 Å². The van der Waals surface area contributed by atoms with Gasteiger partial charge in [0.05, 0.1) is 24.6 Å². The number of carbonyl (C=O) groups is 4. The minimum Gasteiger partial charge on any atom is -0.494 e. The predicted molar refractivity (Wildman–Crippen MR) is 183 cm³/mol. The Labute approximate surface area is 284 Å². The molecule has 0 aliphatic rings. The second-order valence-corrected chi connectivity index (χ2v) is 11.7. The Hall–Kier alpha value is -5.38. The lowest BCUT2D eigenvalue weighted by atomic mass is 10.0. The molecule has 0 radical (unpaired) electrons. The van der Waals surface area contributed by atoms with E-state index in [4.69, 9.17) is 9.47 Å². The van der Waals surface area contributed by atoms with Gasteiger partial charge in [0.25, 0.3) is 5.91 Å². The summed E-state index contributed by atoms with van der Waals surface area (Å²) in [7, 11) is 0. The van der Waals surface area contributed by atoms with Crippen molar-refractivity contribution in [2.75, 3.05) is 11.9 Å². The number of amides is 2. The molecule has 0 fully saturated rings. The van der Waals surface area contributed by atoms with Gasteiger partial charge in [-0.15, -0.1) is 0 Å². The first kappa shape index (κ1) is 36.5. The summed E-state index contributed by atoms with van der Waals surface area (Å²) in [5.74, 6) is -2.11. The lowest BCUT2D eigenvalue weighted by Crippen LogP contribution is -2.41. The molecule has 0 bridgehead atoms. The highest BCUT2D eigenvalue weighted by Gasteiger charge is 2.19. The fourth-order valence-electron chi connectivity index (χ4n) is 4.98. The average Bonchev–Trinajstić information content (AvgIpc) is 3.09. The van der Waals surface area contributed by atoms with Crippen LogP contribution < -0.4 is 20.1 Å². The molecule has 10 heteroatoms. The number of Topliss-reactive ketones (excluding diaryl/α,β-unsaturated/α-hetero) is 1. The third kappa shape index (κ3) is 11.7. The van der Waals surface area contributed by atoms with Crippen LogP contribution in [-0.2, 0) is 22.4 Å². The Morgan fingerprint density at radius 2 is 1.41 bits per heavy atom. The van der Waals surface area contributed by atoms with E-state index < -0.39 is 35.5 Å². The zero-order chi connectivity index (χ0) is 35.2. The molecule has 1 atom stereocenters. The van der Waals surface area contributed by atoms with Gasteiger partial charge in [-0.1, -0.05) is 44.7 Å². The van der Waals surface area contributed by atoms with E-state index in [0.717, 1.165) is 36.6 Å². The van der Waals surface area contributed by atoms with E-state index in [-0.39, 0.29) is 29.8 Å². The molecule has 0 aromatic heterocycles. The number of anilines is 1. The summed E-state index contributed by atoms with van der Waals surface area (Å²) < 4.78 is 38.5. The summed E-state index contributed by atoms with van der Waals surface area (Å²) in [6.45, 7) is 4.19. The summed E-state index contributed by atoms with van der Waals surface area (Å²) >= 11 is 0. The van der Waals surface area contributed by atoms with E-state index in [9.17, 15) is 28.0 Å². The van der Waals surface area contributed by atoms with E-state index in [1.165, 1.54) is 50.5 Å². The molecule has 49 heavy (non-hydrogen) atoms. The highest BCUT2D eigenvalue weighted by atomic mass is 19.1. The van der Waals surface area contributed by atoms with E-state index in [1.807, 2.05) is 0 Å². The molecule has 0 aliphatic carbocycles. The van der Waals surface area contributed by atoms with E-state index in [0.29, 0.717) is 29.4 Å². The molecule has 256 valence electrons. The number of rotatable bonds is 17. The summed E-state index contributed by atoms with van der Waals surface area (Å²) in [5.41, 5.74) is 1.66. The van der Waals surface area contributed by atoms with Crippen LogP contribution in [0.2, 0.25) is 0 Å². The molecule has 0 heterocycles. The van der Waals surface area contributed by atoms with Crippen molar-refractivity contribution < 1.29 is 37.4 Å². The van der Waals surface area contributed by atoms with Crippen molar-refractivity contribution in [2.45, 2.75) is 64.8 Å².